The second-order valence-electron chi connectivity index (χ2n) is 28.7. The van der Waals surface area contributed by atoms with E-state index in [0.717, 1.165) is 82.6 Å². The molecule has 7 amide bonds. The molecule has 7 atom stereocenters. The number of pyridine rings is 1. The molecule has 1 saturated heterocycles. The number of carbonyl (C=O) groups is 9. The predicted octanol–water partition coefficient (Wildman–Crippen LogP) is 5.47. The molecule has 31 nitrogen and oxygen atoms in total. The topological polar surface area (TPSA) is 412 Å². The Labute approximate surface area is 612 Å². The molecule has 6 heterocycles. The number of hydrogen-bond donors (Lipinski definition) is 9. The third kappa shape index (κ3) is 16.7. The van der Waals surface area contributed by atoms with Gasteiger partial charge in [-0.25, -0.2) is 24.4 Å². The fraction of sp³-hybridized carbons (Fsp3) is 0.459. The molecule has 562 valence electrons. The van der Waals surface area contributed by atoms with E-state index in [1.165, 1.54) is 41.5 Å². The van der Waals surface area contributed by atoms with Gasteiger partial charge in [0.2, 0.25) is 24.0 Å². The van der Waals surface area contributed by atoms with Gasteiger partial charge in [0.25, 0.3) is 17.7 Å². The Morgan fingerprint density at radius 2 is 1.49 bits per heavy atom. The molecular weight excluding hydrogens is 1390 g/mol. The number of aromatic nitrogens is 4. The van der Waals surface area contributed by atoms with Gasteiger partial charge in [-0.3, -0.25) is 43.7 Å². The lowest BCUT2D eigenvalue weighted by Crippen LogP contribution is -2.64. The third-order valence-corrected chi connectivity index (χ3v) is 21.3. The molecule has 106 heavy (non-hydrogen) atoms. The number of anilines is 3. The van der Waals surface area contributed by atoms with Gasteiger partial charge in [-0.15, -0.1) is 0 Å². The summed E-state index contributed by atoms with van der Waals surface area (Å²) in [6.07, 6.45) is 1.82. The summed E-state index contributed by atoms with van der Waals surface area (Å²) >= 11 is 1.39. The Kier molecular flexibility index (Phi) is 22.4. The SMILES string of the molecule is COCCN(CCOC12CC3(C)CC(C)(CC(Cn4ncc(-c5ccc(N6CCc7c(OC)ccc(C(=O)Nc8nc9ccccc9s8)c7C6)nc5C(=O)O)c4C)(C3)C1)C2)C(=O)OC/C=C/c1ccc(O[C@@H]2O[C@H](C(=O)O)[C@@H](O)[C@H](O)[C@H]2O)c(NC(=O)CCNC(=O)CCNC(=O)CN2C(=O)C=CC2=O)c1. The van der Waals surface area contributed by atoms with Gasteiger partial charge in [0.05, 0.1) is 48.0 Å². The maximum absolute atomic E-state index is 14.0. The maximum atomic E-state index is 14.0. The number of aliphatic carboxylic acids is 1. The first-order valence-electron chi connectivity index (χ1n) is 34.9. The monoisotopic (exact) mass is 1480 g/mol. The Balaban J connectivity index is 0.671. The van der Waals surface area contributed by atoms with Crippen molar-refractivity contribution < 1.29 is 97.1 Å². The van der Waals surface area contributed by atoms with Crippen LogP contribution in [0, 0.1) is 23.2 Å². The number of benzene rings is 3. The number of thiazole rings is 1. The largest absolute Gasteiger partial charge is 0.496 e. The zero-order chi connectivity index (χ0) is 75.4. The van der Waals surface area contributed by atoms with Crippen LogP contribution in [0.15, 0.2) is 91.2 Å². The number of methoxy groups -OCH3 is 2. The van der Waals surface area contributed by atoms with Gasteiger partial charge >= 0.3 is 18.0 Å². The fourth-order valence-electron chi connectivity index (χ4n) is 16.8. The van der Waals surface area contributed by atoms with Crippen LogP contribution in [-0.4, -0.2) is 218 Å². The number of rotatable bonds is 30. The number of fused-ring (bicyclic) bond motifs is 2. The number of imide groups is 1. The van der Waals surface area contributed by atoms with Crippen molar-refractivity contribution in [2.45, 2.75) is 128 Å². The smallest absolute Gasteiger partial charge is 0.410 e. The molecule has 0 radical (unpaired) electrons. The highest BCUT2D eigenvalue weighted by Crippen LogP contribution is 2.72. The highest BCUT2D eigenvalue weighted by atomic mass is 32.1. The summed E-state index contributed by atoms with van der Waals surface area (Å²) in [5.74, 6) is -5.35. The quantitative estimate of drug-likeness (QED) is 0.0252. The molecular formula is C74H85N11O20S. The van der Waals surface area contributed by atoms with Crippen LogP contribution in [0.4, 0.5) is 21.4 Å². The number of amides is 7. The minimum atomic E-state index is -2.01. The van der Waals surface area contributed by atoms with Crippen molar-refractivity contribution in [2.75, 3.05) is 88.8 Å². The minimum Gasteiger partial charge on any atom is -0.496 e. The zero-order valence-electron chi connectivity index (χ0n) is 59.2. The first-order valence-corrected chi connectivity index (χ1v) is 35.7. The molecule has 32 heteroatoms. The van der Waals surface area contributed by atoms with Crippen molar-refractivity contribution in [1.29, 1.82) is 0 Å². The van der Waals surface area contributed by atoms with Gasteiger partial charge in [0, 0.05) is 106 Å². The summed E-state index contributed by atoms with van der Waals surface area (Å²) in [5.41, 5.74) is 4.13. The molecule has 0 spiro atoms. The van der Waals surface area contributed by atoms with Crippen LogP contribution >= 0.6 is 11.3 Å². The average Bonchev–Trinajstić information content (AvgIpc) is 0.710. The van der Waals surface area contributed by atoms with Gasteiger partial charge in [0.1, 0.15) is 48.8 Å². The van der Waals surface area contributed by atoms with E-state index in [4.69, 9.17) is 38.5 Å². The summed E-state index contributed by atoms with van der Waals surface area (Å²) in [4.78, 5) is 128. The van der Waals surface area contributed by atoms with Crippen LogP contribution in [0.1, 0.15) is 108 Å². The van der Waals surface area contributed by atoms with Crippen molar-refractivity contribution in [3.63, 3.8) is 0 Å². The highest BCUT2D eigenvalue weighted by molar-refractivity contribution is 7.22. The molecule has 7 aliphatic rings. The normalized spacial score (nSPS) is 24.3. The number of aromatic carboxylic acids is 1. The standard InChI is InChI=1S/C74H85N11O20S/c1-42-47(45-14-17-54(80-60(45)66(95)96)83-25-22-44-48(33-83)46(13-16-51(44)101-5)65(94)81-69-79-49-10-6-7-11-53(49)106-69)32-77-85(42)41-73-36-71(2)35-72(3,37-73)39-74(38-71,40-73)103-30-27-82(26-29-100-4)70(99)102-28-8-9-43-12-15-52(104-68-63(93)61(91)62(92)64(105-68)67(97)98)50(31-43)78-56(87)21-24-75-55(86)20-23-76-57(88)34-84-58(89)18-19-59(84)90/h6-19,31-32,61-64,68,91-93H,20-30,33-41H2,1-5H3,(H,75,86)(H,76,88)(H,78,87)(H,95,96)(H,97,98)(H,79,81,94)/b9-8+/t61-,62-,63+,64-,68+,71?,72?,73?,74?/m0/s1. The van der Waals surface area contributed by atoms with Crippen LogP contribution in [0.5, 0.6) is 11.5 Å². The molecule has 3 aliphatic heterocycles. The number of nitrogens with one attached hydrogen (secondary N) is 4. The Bertz CT molecular complexity index is 4410. The molecule has 3 aromatic carbocycles. The van der Waals surface area contributed by atoms with E-state index in [-0.39, 0.29) is 105 Å². The highest BCUT2D eigenvalue weighted by Gasteiger charge is 2.66. The van der Waals surface area contributed by atoms with Crippen LogP contribution in [0.25, 0.3) is 27.4 Å². The van der Waals surface area contributed by atoms with E-state index in [1.54, 1.807) is 43.7 Å². The minimum absolute atomic E-state index is 0.0331. The number of carboxylic acid groups (broad SMARTS) is 2. The number of ether oxygens (including phenoxy) is 6. The Morgan fingerprint density at radius 3 is 2.21 bits per heavy atom. The number of hydrogen-bond acceptors (Lipinski definition) is 23. The first-order chi connectivity index (χ1) is 50.7. The summed E-state index contributed by atoms with van der Waals surface area (Å²) < 4.78 is 38.1. The van der Waals surface area contributed by atoms with E-state index < -0.39 is 90.4 Å². The second kappa shape index (κ2) is 31.5. The molecule has 6 aromatic rings. The third-order valence-electron chi connectivity index (χ3n) is 20.4. The summed E-state index contributed by atoms with van der Waals surface area (Å²) in [7, 11) is 3.12. The van der Waals surface area contributed by atoms with Crippen LogP contribution in [0.3, 0.4) is 0 Å². The van der Waals surface area contributed by atoms with Crippen molar-refractivity contribution in [2.24, 2.45) is 16.2 Å². The number of aliphatic hydroxyl groups is 3. The van der Waals surface area contributed by atoms with Crippen molar-refractivity contribution >= 4 is 97.7 Å². The van der Waals surface area contributed by atoms with Crippen molar-refractivity contribution in [3.8, 4) is 22.6 Å². The second-order valence-corrected chi connectivity index (χ2v) is 29.7. The number of para-hydroxylation sites is 1. The summed E-state index contributed by atoms with van der Waals surface area (Å²) in [6, 6.07) is 19.1. The predicted molar refractivity (Wildman–Crippen MR) is 382 cm³/mol. The molecule has 3 aromatic heterocycles. The van der Waals surface area contributed by atoms with Gasteiger partial charge in [-0.1, -0.05) is 49.5 Å². The van der Waals surface area contributed by atoms with E-state index >= 15 is 0 Å². The van der Waals surface area contributed by atoms with E-state index in [0.29, 0.717) is 58.5 Å². The summed E-state index contributed by atoms with van der Waals surface area (Å²) in [5, 5.41) is 68.1. The van der Waals surface area contributed by atoms with E-state index in [9.17, 15) is 68.7 Å². The zero-order valence-corrected chi connectivity index (χ0v) is 60.0. The molecule has 2 unspecified atom stereocenters. The van der Waals surface area contributed by atoms with Gasteiger partial charge in [-0.05, 0) is 134 Å². The molecule has 13 rings (SSSR count). The lowest BCUT2D eigenvalue weighted by molar-refractivity contribution is -0.271. The number of nitrogens with zero attached hydrogens (tertiary/aromatic N) is 7. The van der Waals surface area contributed by atoms with Crippen LogP contribution < -0.4 is 35.6 Å². The van der Waals surface area contributed by atoms with Gasteiger partial charge in [-0.2, -0.15) is 5.10 Å². The average molecular weight is 1480 g/mol. The molecule has 4 aliphatic carbocycles. The summed E-state index contributed by atoms with van der Waals surface area (Å²) in [6.45, 7) is 7.68. The van der Waals surface area contributed by atoms with Crippen molar-refractivity contribution in [3.05, 3.63) is 125 Å². The Morgan fingerprint density at radius 1 is 0.774 bits per heavy atom. The molecule has 4 bridgehead atoms. The van der Waals surface area contributed by atoms with Gasteiger partial charge < -0.3 is 79.7 Å². The van der Waals surface area contributed by atoms with Crippen LogP contribution in [0.2, 0.25) is 0 Å². The van der Waals surface area contributed by atoms with Gasteiger partial charge in [0.15, 0.2) is 16.9 Å². The first kappa shape index (κ1) is 75.5. The molecule has 4 saturated carbocycles. The number of carboxylic acids is 2. The molecule has 5 fully saturated rings. The lowest BCUT2D eigenvalue weighted by atomic mass is 9.39. The molecule has 9 N–H and O–H groups in total. The number of aliphatic hydroxyl groups excluding tert-OH is 3. The van der Waals surface area contributed by atoms with E-state index in [2.05, 4.69) is 40.1 Å². The van der Waals surface area contributed by atoms with Crippen LogP contribution in [-0.2, 0) is 67.2 Å². The van der Waals surface area contributed by atoms with E-state index in [1.807, 2.05) is 46.8 Å². The maximum Gasteiger partial charge on any atom is 0.410 e. The van der Waals surface area contributed by atoms with Crippen molar-refractivity contribution in [1.82, 2.24) is 40.2 Å². The fourth-order valence-corrected chi connectivity index (χ4v) is 17.6. The lowest BCUT2D eigenvalue weighted by Gasteiger charge is -2.69. The number of carbonyl (C=O) groups excluding carboxylic acids is 7. The Hall–Kier alpha value is -10.2.